The molecule has 21 heavy (non-hydrogen) atoms. The summed E-state index contributed by atoms with van der Waals surface area (Å²) < 4.78 is 22.9. The molecule has 0 spiro atoms. The zero-order valence-electron chi connectivity index (χ0n) is 12.3. The Bertz CT molecular complexity index is 482. The standard InChI is InChI=1S/C14H24N2O3S.ClH/c17-13(16-12-4-7-20(18,19)8-5-12)14-6-2-1-3-11(14)9-15-10-14;/h11-12,15H,1-10H2,(H,16,17);1H/t11-,14+;/m0./s1. The molecule has 122 valence electrons. The largest absolute Gasteiger partial charge is 0.353 e. The summed E-state index contributed by atoms with van der Waals surface area (Å²) in [6, 6.07) is 0.0450. The van der Waals surface area contributed by atoms with E-state index in [9.17, 15) is 13.2 Å². The summed E-state index contributed by atoms with van der Waals surface area (Å²) in [6.07, 6.45) is 5.61. The molecule has 2 saturated heterocycles. The average Bonchev–Trinajstić information content (AvgIpc) is 2.86. The number of hydrogen-bond donors (Lipinski definition) is 2. The SMILES string of the molecule is Cl.O=C(NC1CCS(=O)(=O)CC1)[C@@]12CCCC[C@H]1CNC2. The summed E-state index contributed by atoms with van der Waals surface area (Å²) in [4.78, 5) is 12.7. The third kappa shape index (κ3) is 3.37. The highest BCUT2D eigenvalue weighted by Gasteiger charge is 2.50. The molecule has 1 amide bonds. The molecule has 0 unspecified atom stereocenters. The summed E-state index contributed by atoms with van der Waals surface area (Å²) in [5.74, 6) is 1.05. The molecule has 0 bridgehead atoms. The summed E-state index contributed by atoms with van der Waals surface area (Å²) in [6.45, 7) is 1.74. The van der Waals surface area contributed by atoms with Gasteiger partial charge in [-0.25, -0.2) is 8.42 Å². The maximum atomic E-state index is 12.7. The van der Waals surface area contributed by atoms with Crippen molar-refractivity contribution in [2.45, 2.75) is 44.6 Å². The number of nitrogens with one attached hydrogen (secondary N) is 2. The van der Waals surface area contributed by atoms with Gasteiger partial charge in [-0.15, -0.1) is 12.4 Å². The normalized spacial score (nSPS) is 35.5. The van der Waals surface area contributed by atoms with Gasteiger partial charge in [0.15, 0.2) is 0 Å². The van der Waals surface area contributed by atoms with E-state index < -0.39 is 9.84 Å². The van der Waals surface area contributed by atoms with Gasteiger partial charge in [0, 0.05) is 12.6 Å². The molecule has 3 rings (SSSR count). The van der Waals surface area contributed by atoms with Crippen LogP contribution >= 0.6 is 12.4 Å². The van der Waals surface area contributed by atoms with Crippen molar-refractivity contribution >= 4 is 28.2 Å². The number of hydrogen-bond acceptors (Lipinski definition) is 4. The third-order valence-corrected chi connectivity index (χ3v) is 7.10. The molecule has 7 heteroatoms. The Morgan fingerprint density at radius 1 is 1.14 bits per heavy atom. The lowest BCUT2D eigenvalue weighted by atomic mass is 9.67. The Morgan fingerprint density at radius 2 is 1.86 bits per heavy atom. The van der Waals surface area contributed by atoms with Gasteiger partial charge in [0.05, 0.1) is 16.9 Å². The van der Waals surface area contributed by atoms with E-state index in [1.807, 2.05) is 0 Å². The summed E-state index contributed by atoms with van der Waals surface area (Å²) in [5, 5.41) is 6.52. The Labute approximate surface area is 133 Å². The predicted molar refractivity (Wildman–Crippen MR) is 84.3 cm³/mol. The molecule has 0 radical (unpaired) electrons. The first-order valence-corrected chi connectivity index (χ1v) is 9.56. The van der Waals surface area contributed by atoms with Gasteiger partial charge in [0.25, 0.3) is 0 Å². The minimum Gasteiger partial charge on any atom is -0.353 e. The summed E-state index contributed by atoms with van der Waals surface area (Å²) in [5.41, 5.74) is -0.228. The van der Waals surface area contributed by atoms with Crippen LogP contribution in [0.25, 0.3) is 0 Å². The smallest absolute Gasteiger partial charge is 0.228 e. The summed E-state index contributed by atoms with van der Waals surface area (Å²) >= 11 is 0. The Balaban J connectivity index is 0.00000161. The predicted octanol–water partition coefficient (Wildman–Crippen LogP) is 0.881. The van der Waals surface area contributed by atoms with Crippen molar-refractivity contribution in [3.8, 4) is 0 Å². The quantitative estimate of drug-likeness (QED) is 0.785. The molecule has 3 fully saturated rings. The van der Waals surface area contributed by atoms with Crippen molar-refractivity contribution in [3.63, 3.8) is 0 Å². The van der Waals surface area contributed by atoms with Crippen molar-refractivity contribution < 1.29 is 13.2 Å². The zero-order valence-corrected chi connectivity index (χ0v) is 13.9. The van der Waals surface area contributed by atoms with Gasteiger partial charge >= 0.3 is 0 Å². The second kappa shape index (κ2) is 6.42. The third-order valence-electron chi connectivity index (χ3n) is 5.38. The Kier molecular flexibility index (Phi) is 5.21. The number of fused-ring (bicyclic) bond motifs is 1. The molecule has 1 saturated carbocycles. The summed E-state index contributed by atoms with van der Waals surface area (Å²) in [7, 11) is -2.86. The van der Waals surface area contributed by atoms with E-state index in [1.165, 1.54) is 6.42 Å². The number of halogens is 1. The van der Waals surface area contributed by atoms with E-state index in [-0.39, 0.29) is 41.3 Å². The van der Waals surface area contributed by atoms with Crippen LogP contribution in [0.15, 0.2) is 0 Å². The molecule has 0 aromatic heterocycles. The minimum atomic E-state index is -2.86. The Morgan fingerprint density at radius 3 is 2.57 bits per heavy atom. The number of carbonyl (C=O) groups excluding carboxylic acids is 1. The van der Waals surface area contributed by atoms with Crippen LogP contribution in [0.5, 0.6) is 0 Å². The fourth-order valence-corrected chi connectivity index (χ4v) is 5.55. The zero-order chi connectivity index (χ0) is 14.2. The van der Waals surface area contributed by atoms with Crippen molar-refractivity contribution in [2.75, 3.05) is 24.6 Å². The molecular formula is C14H25ClN2O3S. The van der Waals surface area contributed by atoms with Gasteiger partial charge in [0.2, 0.25) is 5.91 Å². The molecule has 3 aliphatic rings. The first-order chi connectivity index (χ1) is 9.52. The first kappa shape index (κ1) is 17.0. The van der Waals surface area contributed by atoms with E-state index in [1.54, 1.807) is 0 Å². The van der Waals surface area contributed by atoms with Gasteiger partial charge in [0.1, 0.15) is 9.84 Å². The monoisotopic (exact) mass is 336 g/mol. The van der Waals surface area contributed by atoms with Crippen molar-refractivity contribution in [2.24, 2.45) is 11.3 Å². The molecule has 1 aliphatic carbocycles. The Hall–Kier alpha value is -0.330. The number of amides is 1. The van der Waals surface area contributed by atoms with E-state index >= 15 is 0 Å². The van der Waals surface area contributed by atoms with Gasteiger partial charge in [-0.1, -0.05) is 12.8 Å². The fourth-order valence-electron chi connectivity index (χ4n) is 4.05. The lowest BCUT2D eigenvalue weighted by Crippen LogP contribution is -2.52. The van der Waals surface area contributed by atoms with E-state index in [0.717, 1.165) is 32.4 Å². The second-order valence-electron chi connectivity index (χ2n) is 6.63. The van der Waals surface area contributed by atoms with Crippen molar-refractivity contribution in [3.05, 3.63) is 0 Å². The average molecular weight is 337 g/mol. The highest BCUT2D eigenvalue weighted by molar-refractivity contribution is 7.91. The molecule has 2 heterocycles. The van der Waals surface area contributed by atoms with Crippen LogP contribution in [0.2, 0.25) is 0 Å². The van der Waals surface area contributed by atoms with E-state index in [0.29, 0.717) is 18.8 Å². The van der Waals surface area contributed by atoms with Gasteiger partial charge < -0.3 is 10.6 Å². The van der Waals surface area contributed by atoms with Crippen molar-refractivity contribution in [1.29, 1.82) is 0 Å². The maximum Gasteiger partial charge on any atom is 0.228 e. The topological polar surface area (TPSA) is 75.3 Å². The number of carbonyl (C=O) groups is 1. The molecule has 0 aromatic carbocycles. The lowest BCUT2D eigenvalue weighted by molar-refractivity contribution is -0.134. The molecular weight excluding hydrogens is 312 g/mol. The number of rotatable bonds is 2. The van der Waals surface area contributed by atoms with Crippen LogP contribution in [0.4, 0.5) is 0 Å². The highest BCUT2D eigenvalue weighted by Crippen LogP contribution is 2.44. The van der Waals surface area contributed by atoms with Gasteiger partial charge in [-0.05, 0) is 38.1 Å². The molecule has 2 atom stereocenters. The van der Waals surface area contributed by atoms with Crippen LogP contribution < -0.4 is 10.6 Å². The maximum absolute atomic E-state index is 12.7. The minimum absolute atomic E-state index is 0. The van der Waals surface area contributed by atoms with E-state index in [2.05, 4.69) is 10.6 Å². The lowest BCUT2D eigenvalue weighted by Gasteiger charge is -2.38. The molecule has 5 nitrogen and oxygen atoms in total. The van der Waals surface area contributed by atoms with Crippen LogP contribution in [-0.2, 0) is 14.6 Å². The van der Waals surface area contributed by atoms with Crippen LogP contribution in [0, 0.1) is 11.3 Å². The van der Waals surface area contributed by atoms with Crippen LogP contribution in [0.3, 0.4) is 0 Å². The highest BCUT2D eigenvalue weighted by atomic mass is 35.5. The molecule has 2 N–H and O–H groups in total. The van der Waals surface area contributed by atoms with Gasteiger partial charge in [-0.3, -0.25) is 4.79 Å². The number of sulfone groups is 1. The van der Waals surface area contributed by atoms with Crippen LogP contribution in [0.1, 0.15) is 38.5 Å². The molecule has 2 aliphatic heterocycles. The first-order valence-electron chi connectivity index (χ1n) is 7.74. The van der Waals surface area contributed by atoms with E-state index in [4.69, 9.17) is 0 Å². The second-order valence-corrected chi connectivity index (χ2v) is 8.93. The van der Waals surface area contributed by atoms with Crippen LogP contribution in [-0.4, -0.2) is 45.0 Å². The van der Waals surface area contributed by atoms with Gasteiger partial charge in [-0.2, -0.15) is 0 Å². The molecule has 0 aromatic rings. The van der Waals surface area contributed by atoms with Crippen molar-refractivity contribution in [1.82, 2.24) is 10.6 Å². The fraction of sp³-hybridized carbons (Fsp3) is 0.929.